The van der Waals surface area contributed by atoms with Gasteiger partial charge >= 0.3 is 6.18 Å². The highest BCUT2D eigenvalue weighted by Crippen LogP contribution is 2.56. The van der Waals surface area contributed by atoms with E-state index in [0.717, 1.165) is 119 Å². The van der Waals surface area contributed by atoms with Gasteiger partial charge in [0.15, 0.2) is 0 Å². The molecule has 98 heavy (non-hydrogen) atoms. The molecule has 4 aliphatic rings. The maximum Gasteiger partial charge on any atom is 0.419 e. The zero-order chi connectivity index (χ0) is 65.8. The molecule has 14 aromatic rings. The van der Waals surface area contributed by atoms with Crippen molar-refractivity contribution in [3.05, 3.63) is 345 Å². The summed E-state index contributed by atoms with van der Waals surface area (Å²) in [5, 5.41) is 0. The SMILES string of the molecule is Fc1ccc(N2c3cc(N(c4ccccc4)c4ccccc4-c4ccccc4)cc4c3B(c3ccccc3N4c3ccccc3-c3ccccc3)c3cc4c(c(C(F)(F)F)c32)Sc2cc(N(c3ccccc3)c3ccccc3)cc3c2B4c2ccccc2N3c2ccccc2)c(F)c1. The molecule has 14 aromatic carbocycles. The van der Waals surface area contributed by atoms with Crippen LogP contribution in [-0.4, -0.2) is 13.4 Å². The smallest absolute Gasteiger partial charge is 0.311 e. The van der Waals surface area contributed by atoms with Gasteiger partial charge in [-0.2, -0.15) is 13.2 Å². The zero-order valence-electron chi connectivity index (χ0n) is 52.4. The Morgan fingerprint density at radius 2 is 0.786 bits per heavy atom. The van der Waals surface area contributed by atoms with E-state index in [0.29, 0.717) is 32.7 Å². The van der Waals surface area contributed by atoms with E-state index in [-0.39, 0.29) is 22.0 Å². The van der Waals surface area contributed by atoms with E-state index in [2.05, 4.69) is 105 Å². The van der Waals surface area contributed by atoms with E-state index >= 15 is 22.0 Å². The van der Waals surface area contributed by atoms with Crippen LogP contribution < -0.4 is 57.3 Å². The van der Waals surface area contributed by atoms with Crippen LogP contribution in [0.1, 0.15) is 5.56 Å². The van der Waals surface area contributed by atoms with Crippen molar-refractivity contribution < 1.29 is 22.0 Å². The number of hydrogen-bond donors (Lipinski definition) is 0. The number of benzene rings is 14. The van der Waals surface area contributed by atoms with E-state index in [1.165, 1.54) is 11.0 Å². The molecule has 0 saturated carbocycles. The Kier molecular flexibility index (Phi) is 14.1. The summed E-state index contributed by atoms with van der Waals surface area (Å²) in [6.45, 7) is -1.64. The second-order valence-electron chi connectivity index (χ2n) is 24.8. The van der Waals surface area contributed by atoms with Gasteiger partial charge in [0.25, 0.3) is 6.71 Å². The predicted molar refractivity (Wildman–Crippen MR) is 396 cm³/mol. The molecule has 466 valence electrons. The number of alkyl halides is 3. The minimum Gasteiger partial charge on any atom is -0.311 e. The van der Waals surface area contributed by atoms with E-state index in [9.17, 15) is 0 Å². The van der Waals surface area contributed by atoms with Crippen molar-refractivity contribution in [1.82, 2.24) is 0 Å². The van der Waals surface area contributed by atoms with Crippen LogP contribution in [0.15, 0.2) is 337 Å². The Balaban J connectivity index is 0.976. The van der Waals surface area contributed by atoms with Gasteiger partial charge in [-0.05, 0) is 148 Å². The number of anilines is 15. The van der Waals surface area contributed by atoms with E-state index in [1.54, 1.807) is 0 Å². The average Bonchev–Trinajstić information content (AvgIpc) is 0.683. The van der Waals surface area contributed by atoms with Crippen LogP contribution in [0.2, 0.25) is 0 Å². The first-order valence-electron chi connectivity index (χ1n) is 32.6. The Morgan fingerprint density at radius 1 is 0.327 bits per heavy atom. The van der Waals surface area contributed by atoms with Crippen molar-refractivity contribution in [1.29, 1.82) is 0 Å². The van der Waals surface area contributed by atoms with Gasteiger partial charge < -0.3 is 24.5 Å². The fourth-order valence-electron chi connectivity index (χ4n) is 15.4. The first kappa shape index (κ1) is 58.8. The lowest BCUT2D eigenvalue weighted by atomic mass is 9.30. The maximum atomic E-state index is 18.3. The summed E-state index contributed by atoms with van der Waals surface area (Å²) < 4.78 is 88.7. The Labute approximate surface area is 569 Å². The lowest BCUT2D eigenvalue weighted by Crippen LogP contribution is -2.65. The van der Waals surface area contributed by atoms with Crippen molar-refractivity contribution in [3.63, 3.8) is 0 Å². The third-order valence-electron chi connectivity index (χ3n) is 19.3. The normalized spacial score (nSPS) is 13.0. The lowest BCUT2D eigenvalue weighted by molar-refractivity contribution is -0.139. The molecule has 0 aliphatic carbocycles. The molecule has 0 radical (unpaired) electrons. The van der Waals surface area contributed by atoms with Crippen LogP contribution in [0.5, 0.6) is 0 Å². The van der Waals surface area contributed by atoms with Crippen molar-refractivity contribution in [2.75, 3.05) is 24.5 Å². The number of fused-ring (bicyclic) bond motifs is 8. The van der Waals surface area contributed by atoms with Gasteiger partial charge in [0.05, 0.1) is 34.0 Å². The molecule has 0 bridgehead atoms. The average molecular weight is 1290 g/mol. The summed E-state index contributed by atoms with van der Waals surface area (Å²) in [4.78, 5) is 10.8. The molecule has 0 aromatic heterocycles. The highest BCUT2D eigenvalue weighted by molar-refractivity contribution is 8.00. The van der Waals surface area contributed by atoms with Gasteiger partial charge in [-0.15, -0.1) is 0 Å². The molecule has 0 fully saturated rings. The van der Waals surface area contributed by atoms with Crippen molar-refractivity contribution >= 4 is 143 Å². The highest BCUT2D eigenvalue weighted by atomic mass is 32.2. The number of para-hydroxylation sites is 8. The number of nitrogens with zero attached hydrogens (tertiary/aromatic N) is 5. The van der Waals surface area contributed by atoms with Crippen molar-refractivity contribution in [2.24, 2.45) is 0 Å². The molecular weight excluding hydrogens is 1240 g/mol. The molecule has 0 N–H and O–H groups in total. The molecule has 13 heteroatoms. The second kappa shape index (κ2) is 23.5. The molecule has 0 atom stereocenters. The Bertz CT molecular complexity index is 5400. The van der Waals surface area contributed by atoms with Crippen molar-refractivity contribution in [3.8, 4) is 22.3 Å². The van der Waals surface area contributed by atoms with Crippen LogP contribution in [-0.2, 0) is 6.18 Å². The summed E-state index contributed by atoms with van der Waals surface area (Å²) in [6, 6.07) is 106. The van der Waals surface area contributed by atoms with Gasteiger partial charge in [0.1, 0.15) is 11.6 Å². The second-order valence-corrected chi connectivity index (χ2v) is 25.9. The molecule has 18 rings (SSSR count). The third kappa shape index (κ3) is 9.54. The first-order valence-corrected chi connectivity index (χ1v) is 33.4. The summed E-state index contributed by atoms with van der Waals surface area (Å²) in [7, 11) is 0. The summed E-state index contributed by atoms with van der Waals surface area (Å²) in [6.07, 6.45) is -5.10. The summed E-state index contributed by atoms with van der Waals surface area (Å²) in [5.74, 6) is -1.91. The minimum absolute atomic E-state index is 0.0108. The van der Waals surface area contributed by atoms with Crippen molar-refractivity contribution in [2.45, 2.75) is 16.0 Å². The lowest BCUT2D eigenvalue weighted by Gasteiger charge is -2.47. The molecule has 4 heterocycles. The topological polar surface area (TPSA) is 16.2 Å². The molecule has 4 aliphatic heterocycles. The summed E-state index contributed by atoms with van der Waals surface area (Å²) in [5.41, 5.74) is 15.7. The van der Waals surface area contributed by atoms with E-state index in [4.69, 9.17) is 0 Å². The van der Waals surface area contributed by atoms with Crippen LogP contribution in [0, 0.1) is 11.6 Å². The van der Waals surface area contributed by atoms with Gasteiger partial charge in [-0.1, -0.05) is 230 Å². The quantitative estimate of drug-likeness (QED) is 0.0941. The number of halogens is 5. The molecule has 0 saturated heterocycles. The molecule has 0 unspecified atom stereocenters. The molecule has 5 nitrogen and oxygen atoms in total. The van der Waals surface area contributed by atoms with Gasteiger partial charge in [-0.3, -0.25) is 0 Å². The zero-order valence-corrected chi connectivity index (χ0v) is 53.2. The van der Waals surface area contributed by atoms with Crippen LogP contribution >= 0.6 is 11.8 Å². The highest BCUT2D eigenvalue weighted by Gasteiger charge is 2.53. The Morgan fingerprint density at radius 3 is 1.38 bits per heavy atom. The monoisotopic (exact) mass is 1290 g/mol. The molecule has 0 amide bonds. The van der Waals surface area contributed by atoms with Gasteiger partial charge in [0, 0.05) is 83.9 Å². The minimum atomic E-state index is -5.10. The Hall–Kier alpha value is -11.8. The molecular formula is C85H54B2F5N5S. The fraction of sp³-hybridized carbons (Fsp3) is 0.0118. The van der Waals surface area contributed by atoms with Crippen LogP contribution in [0.25, 0.3) is 22.3 Å². The number of hydrogen-bond acceptors (Lipinski definition) is 6. The first-order chi connectivity index (χ1) is 48.1. The van der Waals surface area contributed by atoms with E-state index < -0.39 is 36.8 Å². The van der Waals surface area contributed by atoms with Crippen LogP contribution in [0.3, 0.4) is 0 Å². The van der Waals surface area contributed by atoms with E-state index in [1.807, 2.05) is 224 Å². The van der Waals surface area contributed by atoms with Gasteiger partial charge in [0.2, 0.25) is 6.71 Å². The largest absolute Gasteiger partial charge is 0.419 e. The fourth-order valence-corrected chi connectivity index (χ4v) is 16.8. The van der Waals surface area contributed by atoms with Gasteiger partial charge in [-0.25, -0.2) is 8.78 Å². The maximum absolute atomic E-state index is 18.3. The standard InChI is InChI=1S/C85H54B2F5N5S/c88-57-47-48-75(70(89)49-57)97-77-51-62(94(60-35-15-5-16-36-60)71-43-23-19-39-64(71)55-27-7-1-8-28-55)50-76-81(77)86(67-42-22-26-46-74(67)96(76)72-44-24-20-40-65(72)56-29-9-2-10-30-56)68-54-69-84(80(83(68)97)85(90,91)92)98-79-53-63(93(58-31-11-3-12-32-58)59-33-13-4-14-34-59)52-78-82(79)87(69)66-41-21-25-45-73(66)95(78)61-37-17-6-18-38-61/h1-54H. The van der Waals surface area contributed by atoms with Crippen LogP contribution in [0.4, 0.5) is 107 Å². The predicted octanol–water partition coefficient (Wildman–Crippen LogP) is 20.1. The summed E-state index contributed by atoms with van der Waals surface area (Å²) >= 11 is 1.10. The third-order valence-corrected chi connectivity index (χ3v) is 20.5. The molecule has 0 spiro atoms. The number of rotatable bonds is 11.